The zero-order valence-corrected chi connectivity index (χ0v) is 19.4. The third-order valence-corrected chi connectivity index (χ3v) is 4.85. The molecule has 2 aromatic carbocycles. The number of benzene rings is 2. The summed E-state index contributed by atoms with van der Waals surface area (Å²) < 4.78 is 34.2. The summed E-state index contributed by atoms with van der Waals surface area (Å²) in [5.74, 6) is 3.40. The molecule has 1 aromatic heterocycles. The van der Waals surface area contributed by atoms with Crippen LogP contribution in [0.3, 0.4) is 0 Å². The predicted molar refractivity (Wildman–Crippen MR) is 122 cm³/mol. The number of nitrogens with one attached hydrogen (secondary N) is 1. The maximum atomic E-state index is 5.43. The van der Waals surface area contributed by atoms with Gasteiger partial charge < -0.3 is 28.4 Å². The quantitative estimate of drug-likeness (QED) is 0.382. The van der Waals surface area contributed by atoms with Crippen LogP contribution < -0.4 is 28.4 Å². The van der Waals surface area contributed by atoms with E-state index in [1.54, 1.807) is 66.0 Å². The lowest BCUT2D eigenvalue weighted by atomic mass is 10.1. The monoisotopic (exact) mass is 460 g/mol. The molecule has 0 aliphatic heterocycles. The Labute approximate surface area is 190 Å². The minimum atomic E-state index is 0.303. The first kappa shape index (κ1) is 22.9. The summed E-state index contributed by atoms with van der Waals surface area (Å²) in [6, 6.07) is 7.07. The molecule has 0 bridgehead atoms. The van der Waals surface area contributed by atoms with Gasteiger partial charge in [-0.1, -0.05) is 0 Å². The normalized spacial score (nSPS) is 10.8. The van der Waals surface area contributed by atoms with Crippen molar-refractivity contribution >= 4 is 18.4 Å². The van der Waals surface area contributed by atoms with Gasteiger partial charge in [-0.05, 0) is 36.5 Å². The molecule has 0 saturated carbocycles. The van der Waals surface area contributed by atoms with Crippen LogP contribution in [0.4, 0.5) is 0 Å². The van der Waals surface area contributed by atoms with Gasteiger partial charge in [0.15, 0.2) is 28.8 Å². The topological polar surface area (TPSA) is 101 Å². The summed E-state index contributed by atoms with van der Waals surface area (Å²) in [7, 11) is 9.27. The van der Waals surface area contributed by atoms with Gasteiger partial charge in [0.05, 0.1) is 48.9 Å². The molecule has 170 valence electrons. The van der Waals surface area contributed by atoms with Crippen LogP contribution in [0.5, 0.6) is 34.5 Å². The van der Waals surface area contributed by atoms with Crippen LogP contribution in [-0.2, 0) is 0 Å². The summed E-state index contributed by atoms with van der Waals surface area (Å²) in [4.78, 5) is 0. The van der Waals surface area contributed by atoms with E-state index in [0.717, 1.165) is 0 Å². The van der Waals surface area contributed by atoms with Crippen molar-refractivity contribution in [2.24, 2.45) is 5.10 Å². The Morgan fingerprint density at radius 1 is 0.781 bits per heavy atom. The number of rotatable bonds is 9. The third-order valence-electron chi connectivity index (χ3n) is 4.58. The summed E-state index contributed by atoms with van der Waals surface area (Å²) in [6.45, 7) is 0. The first-order valence-electron chi connectivity index (χ1n) is 9.33. The van der Waals surface area contributed by atoms with Gasteiger partial charge in [0.1, 0.15) is 0 Å². The number of aromatic nitrogens is 3. The van der Waals surface area contributed by atoms with Gasteiger partial charge >= 0.3 is 0 Å². The highest BCUT2D eigenvalue weighted by molar-refractivity contribution is 7.71. The van der Waals surface area contributed by atoms with E-state index in [0.29, 0.717) is 56.2 Å². The van der Waals surface area contributed by atoms with Gasteiger partial charge in [-0.2, -0.15) is 14.9 Å². The van der Waals surface area contributed by atoms with Crippen LogP contribution >= 0.6 is 12.2 Å². The molecule has 0 atom stereocenters. The molecule has 3 rings (SSSR count). The van der Waals surface area contributed by atoms with Gasteiger partial charge in [-0.25, -0.2) is 5.10 Å². The molecule has 0 amide bonds. The minimum absolute atomic E-state index is 0.303. The molecule has 1 N–H and O–H groups in total. The second-order valence-electron chi connectivity index (χ2n) is 6.28. The van der Waals surface area contributed by atoms with Crippen LogP contribution in [0.25, 0.3) is 11.4 Å². The van der Waals surface area contributed by atoms with Crippen molar-refractivity contribution in [1.82, 2.24) is 14.9 Å². The average molecular weight is 461 g/mol. The molecule has 10 nitrogen and oxygen atoms in total. The fourth-order valence-electron chi connectivity index (χ4n) is 3.10. The lowest BCUT2D eigenvalue weighted by molar-refractivity contribution is 0.324. The number of nitrogens with zero attached hydrogens (tertiary/aromatic N) is 3. The molecule has 0 unspecified atom stereocenters. The Morgan fingerprint density at radius 3 is 1.69 bits per heavy atom. The Kier molecular flexibility index (Phi) is 7.21. The number of aromatic amines is 1. The number of hydrogen-bond acceptors (Lipinski definition) is 9. The minimum Gasteiger partial charge on any atom is -0.493 e. The average Bonchev–Trinajstić information content (AvgIpc) is 3.20. The van der Waals surface area contributed by atoms with Crippen molar-refractivity contribution in [2.75, 3.05) is 42.7 Å². The van der Waals surface area contributed by atoms with Crippen LogP contribution in [0, 0.1) is 4.77 Å². The standard InChI is InChI=1S/C21H24N4O6S/c1-26-14-7-12(8-15(27-2)18(14)30-5)11-22-25-20(23-24-21(25)32)13-9-16(28-3)19(31-6)17(10-13)29-4/h7-11H,1-6H3,(H,24,32)/b22-11-. The van der Waals surface area contributed by atoms with Crippen molar-refractivity contribution in [1.29, 1.82) is 0 Å². The molecule has 0 radical (unpaired) electrons. The highest BCUT2D eigenvalue weighted by Crippen LogP contribution is 2.41. The lowest BCUT2D eigenvalue weighted by Crippen LogP contribution is -2.00. The highest BCUT2D eigenvalue weighted by Gasteiger charge is 2.18. The van der Waals surface area contributed by atoms with Gasteiger partial charge in [-0.3, -0.25) is 0 Å². The molecule has 1 heterocycles. The number of ether oxygens (including phenoxy) is 6. The van der Waals surface area contributed by atoms with E-state index < -0.39 is 0 Å². The van der Waals surface area contributed by atoms with Crippen molar-refractivity contribution in [3.63, 3.8) is 0 Å². The first-order chi connectivity index (χ1) is 15.5. The van der Waals surface area contributed by atoms with E-state index in [4.69, 9.17) is 40.6 Å². The number of methoxy groups -OCH3 is 6. The zero-order chi connectivity index (χ0) is 23.3. The van der Waals surface area contributed by atoms with E-state index in [1.807, 2.05) is 0 Å². The van der Waals surface area contributed by atoms with E-state index in [-0.39, 0.29) is 0 Å². The molecular formula is C21H24N4O6S. The predicted octanol–water partition coefficient (Wildman–Crippen LogP) is 3.54. The molecule has 11 heteroatoms. The third kappa shape index (κ3) is 4.33. The molecule has 32 heavy (non-hydrogen) atoms. The van der Waals surface area contributed by atoms with Gasteiger partial charge in [-0.15, -0.1) is 0 Å². The SMILES string of the molecule is COc1cc(/C=N\n2c(-c3cc(OC)c(OC)c(OC)c3)n[nH]c2=S)cc(OC)c1OC. The fraction of sp³-hybridized carbons (Fsp3) is 0.286. The maximum absolute atomic E-state index is 5.43. The van der Waals surface area contributed by atoms with Crippen molar-refractivity contribution < 1.29 is 28.4 Å². The van der Waals surface area contributed by atoms with Gasteiger partial charge in [0.25, 0.3) is 0 Å². The second kappa shape index (κ2) is 10.1. The van der Waals surface area contributed by atoms with Crippen molar-refractivity contribution in [2.45, 2.75) is 0 Å². The lowest BCUT2D eigenvalue weighted by Gasteiger charge is -2.14. The first-order valence-corrected chi connectivity index (χ1v) is 9.74. The van der Waals surface area contributed by atoms with Crippen molar-refractivity contribution in [3.05, 3.63) is 34.6 Å². The highest BCUT2D eigenvalue weighted by atomic mass is 32.1. The molecule has 0 aliphatic rings. The summed E-state index contributed by atoms with van der Waals surface area (Å²) in [5.41, 5.74) is 1.37. The molecular weight excluding hydrogens is 436 g/mol. The zero-order valence-electron chi connectivity index (χ0n) is 18.6. The molecule has 0 saturated heterocycles. The van der Waals surface area contributed by atoms with Crippen LogP contribution in [0.2, 0.25) is 0 Å². The van der Waals surface area contributed by atoms with Gasteiger partial charge in [0.2, 0.25) is 16.3 Å². The largest absolute Gasteiger partial charge is 0.493 e. The molecule has 3 aromatic rings. The van der Waals surface area contributed by atoms with E-state index in [1.165, 1.54) is 11.8 Å². The van der Waals surface area contributed by atoms with E-state index in [9.17, 15) is 0 Å². The maximum Gasteiger partial charge on any atom is 0.216 e. The molecule has 0 fully saturated rings. The summed E-state index contributed by atoms with van der Waals surface area (Å²) >= 11 is 5.37. The summed E-state index contributed by atoms with van der Waals surface area (Å²) in [5, 5.41) is 11.6. The smallest absolute Gasteiger partial charge is 0.216 e. The Balaban J connectivity index is 2.08. The molecule has 0 spiro atoms. The summed E-state index contributed by atoms with van der Waals surface area (Å²) in [6.07, 6.45) is 1.61. The van der Waals surface area contributed by atoms with Crippen LogP contribution in [0.15, 0.2) is 29.4 Å². The number of hydrogen-bond donors (Lipinski definition) is 1. The van der Waals surface area contributed by atoms with Crippen LogP contribution in [-0.4, -0.2) is 63.7 Å². The van der Waals surface area contributed by atoms with E-state index in [2.05, 4.69) is 15.3 Å². The van der Waals surface area contributed by atoms with E-state index >= 15 is 0 Å². The Bertz CT molecular complexity index is 1140. The molecule has 0 aliphatic carbocycles. The number of H-pyrrole nitrogens is 1. The van der Waals surface area contributed by atoms with Crippen LogP contribution in [0.1, 0.15) is 5.56 Å². The Morgan fingerprint density at radius 2 is 1.25 bits per heavy atom. The fourth-order valence-corrected chi connectivity index (χ4v) is 3.28. The second-order valence-corrected chi connectivity index (χ2v) is 6.67. The Hall–Kier alpha value is -3.73. The van der Waals surface area contributed by atoms with Gasteiger partial charge in [0, 0.05) is 11.1 Å². The van der Waals surface area contributed by atoms with Crippen molar-refractivity contribution in [3.8, 4) is 45.9 Å².